The monoisotopic (exact) mass is 552 g/mol. The molecule has 2 unspecified atom stereocenters. The molecule has 9 nitrogen and oxygen atoms in total. The standard InChI is InChI=1S/C29H36N4O5S/c1-17(26-18(2)31-33(28(26)36)20-10-8-19(9-11-20)29(3,4)5)30-14-21(34)24-12-13-25(39-24)27(35)32-15-22(37-6)23(16-32)38-7/h8-13,22-23,31H,14-16H2,1-7H3. The summed E-state index contributed by atoms with van der Waals surface area (Å²) in [5.74, 6) is -0.366. The summed E-state index contributed by atoms with van der Waals surface area (Å²) in [7, 11) is 3.20. The van der Waals surface area contributed by atoms with Crippen LogP contribution in [-0.4, -0.2) is 78.1 Å². The quantitative estimate of drug-likeness (QED) is 0.336. The van der Waals surface area contributed by atoms with Crippen LogP contribution >= 0.6 is 11.3 Å². The minimum absolute atomic E-state index is 0.0149. The average Bonchev–Trinajstić information content (AvgIpc) is 3.63. The van der Waals surface area contributed by atoms with Gasteiger partial charge in [-0.25, -0.2) is 4.68 Å². The van der Waals surface area contributed by atoms with Crippen molar-refractivity contribution in [1.29, 1.82) is 0 Å². The fourth-order valence-corrected chi connectivity index (χ4v) is 5.64. The predicted octanol–water partition coefficient (Wildman–Crippen LogP) is 4.01. The SMILES string of the molecule is COC1CN(C(=O)c2ccc(C(=O)CN=C(C)c3c(C)[nH]n(-c4ccc(C(C)(C)C)cc4)c3=O)s2)CC1OC. The van der Waals surface area contributed by atoms with Crippen molar-refractivity contribution in [3.8, 4) is 5.69 Å². The topological polar surface area (TPSA) is 106 Å². The molecule has 0 saturated carbocycles. The number of nitrogens with one attached hydrogen (secondary N) is 1. The summed E-state index contributed by atoms with van der Waals surface area (Å²) < 4.78 is 12.3. The van der Waals surface area contributed by atoms with Gasteiger partial charge in [-0.05, 0) is 49.1 Å². The summed E-state index contributed by atoms with van der Waals surface area (Å²) in [6, 6.07) is 11.2. The number of rotatable bonds is 8. The predicted molar refractivity (Wildman–Crippen MR) is 153 cm³/mol. The number of thiophene rings is 1. The number of ketones is 1. The molecule has 0 radical (unpaired) electrons. The molecule has 1 N–H and O–H groups in total. The number of nitrogens with zero attached hydrogens (tertiary/aromatic N) is 3. The Morgan fingerprint density at radius 3 is 2.18 bits per heavy atom. The van der Waals surface area contributed by atoms with Crippen molar-refractivity contribution in [2.24, 2.45) is 4.99 Å². The van der Waals surface area contributed by atoms with Crippen molar-refractivity contribution in [2.75, 3.05) is 33.9 Å². The lowest BCUT2D eigenvalue weighted by Gasteiger charge is -2.19. The van der Waals surface area contributed by atoms with E-state index in [-0.39, 0.29) is 41.4 Å². The van der Waals surface area contributed by atoms with Crippen LogP contribution in [0.15, 0.2) is 46.2 Å². The highest BCUT2D eigenvalue weighted by molar-refractivity contribution is 7.16. The van der Waals surface area contributed by atoms with Gasteiger partial charge in [-0.1, -0.05) is 32.9 Å². The molecule has 2 atom stereocenters. The number of aromatic amines is 1. The van der Waals surface area contributed by atoms with Gasteiger partial charge in [-0.3, -0.25) is 24.5 Å². The summed E-state index contributed by atoms with van der Waals surface area (Å²) in [5.41, 5.74) is 3.30. The van der Waals surface area contributed by atoms with Crippen LogP contribution in [0.2, 0.25) is 0 Å². The van der Waals surface area contributed by atoms with Gasteiger partial charge in [0.15, 0.2) is 5.78 Å². The smallest absolute Gasteiger partial charge is 0.280 e. The molecule has 1 saturated heterocycles. The number of carbonyl (C=O) groups excluding carboxylic acids is 2. The van der Waals surface area contributed by atoms with Gasteiger partial charge >= 0.3 is 0 Å². The Kier molecular flexibility index (Phi) is 8.39. The molecule has 4 rings (SSSR count). The van der Waals surface area contributed by atoms with E-state index < -0.39 is 0 Å². The summed E-state index contributed by atoms with van der Waals surface area (Å²) >= 11 is 1.15. The molecule has 0 spiro atoms. The zero-order chi connectivity index (χ0) is 28.5. The number of carbonyl (C=O) groups is 2. The highest BCUT2D eigenvalue weighted by atomic mass is 32.1. The Bertz CT molecular complexity index is 1430. The van der Waals surface area contributed by atoms with Crippen LogP contribution in [0, 0.1) is 6.92 Å². The van der Waals surface area contributed by atoms with E-state index in [2.05, 4.69) is 30.9 Å². The Morgan fingerprint density at radius 1 is 1.03 bits per heavy atom. The van der Waals surface area contributed by atoms with Crippen molar-refractivity contribution in [3.05, 3.63) is 73.3 Å². The first-order valence-electron chi connectivity index (χ1n) is 12.9. The van der Waals surface area contributed by atoms with Gasteiger partial charge in [0.05, 0.1) is 21.0 Å². The second kappa shape index (κ2) is 11.4. The number of methoxy groups -OCH3 is 2. The molecule has 1 fully saturated rings. The van der Waals surface area contributed by atoms with Crippen LogP contribution in [0.1, 0.15) is 63.9 Å². The van der Waals surface area contributed by atoms with Gasteiger partial charge in [0, 0.05) is 38.7 Å². The van der Waals surface area contributed by atoms with Crippen molar-refractivity contribution >= 4 is 28.7 Å². The molecule has 1 aliphatic heterocycles. The Hall–Kier alpha value is -3.34. The summed E-state index contributed by atoms with van der Waals surface area (Å²) in [5, 5.41) is 3.13. The van der Waals surface area contributed by atoms with Crippen LogP contribution in [-0.2, 0) is 14.9 Å². The van der Waals surface area contributed by atoms with Crippen LogP contribution in [0.4, 0.5) is 0 Å². The number of benzene rings is 1. The fourth-order valence-electron chi connectivity index (χ4n) is 4.73. The first-order chi connectivity index (χ1) is 18.4. The number of aliphatic imine (C=N–C) groups is 1. The lowest BCUT2D eigenvalue weighted by Crippen LogP contribution is -2.29. The van der Waals surface area contributed by atoms with E-state index in [1.165, 1.54) is 10.2 Å². The second-order valence-electron chi connectivity index (χ2n) is 10.8. The molecule has 1 amide bonds. The van der Waals surface area contributed by atoms with Gasteiger partial charge in [-0.2, -0.15) is 0 Å². The average molecular weight is 553 g/mol. The normalized spacial score (nSPS) is 18.1. The van der Waals surface area contributed by atoms with Crippen molar-refractivity contribution in [2.45, 2.75) is 52.2 Å². The minimum atomic E-state index is -0.219. The number of aryl methyl sites for hydroxylation is 1. The van der Waals surface area contributed by atoms with E-state index in [9.17, 15) is 14.4 Å². The highest BCUT2D eigenvalue weighted by Crippen LogP contribution is 2.24. The zero-order valence-corrected chi connectivity index (χ0v) is 24.3. The number of ether oxygens (including phenoxy) is 2. The first kappa shape index (κ1) is 28.7. The highest BCUT2D eigenvalue weighted by Gasteiger charge is 2.36. The number of Topliss-reactive ketones (excluding diaryl/α,β-unsaturated/α-hetero) is 1. The van der Waals surface area contributed by atoms with Gasteiger partial charge in [0.2, 0.25) is 0 Å². The molecule has 3 aromatic rings. The molecule has 3 heterocycles. The van der Waals surface area contributed by atoms with Crippen molar-refractivity contribution in [3.63, 3.8) is 0 Å². The number of H-pyrrole nitrogens is 1. The number of amides is 1. The maximum atomic E-state index is 13.2. The number of aromatic nitrogens is 2. The third-order valence-corrected chi connectivity index (χ3v) is 8.20. The summed E-state index contributed by atoms with van der Waals surface area (Å²) in [4.78, 5) is 46.1. The fraction of sp³-hybridized carbons (Fsp3) is 0.448. The third kappa shape index (κ3) is 5.98. The number of likely N-dealkylation sites (tertiary alicyclic amines) is 1. The van der Waals surface area contributed by atoms with E-state index in [4.69, 9.17) is 9.47 Å². The van der Waals surface area contributed by atoms with E-state index in [0.29, 0.717) is 39.8 Å². The molecule has 39 heavy (non-hydrogen) atoms. The Balaban J connectivity index is 1.46. The van der Waals surface area contributed by atoms with E-state index in [1.807, 2.05) is 31.2 Å². The minimum Gasteiger partial charge on any atom is -0.377 e. The maximum absolute atomic E-state index is 13.2. The third-order valence-electron chi connectivity index (χ3n) is 7.08. The Morgan fingerprint density at radius 2 is 1.62 bits per heavy atom. The number of hydrogen-bond acceptors (Lipinski definition) is 7. The van der Waals surface area contributed by atoms with Gasteiger partial charge in [0.25, 0.3) is 11.5 Å². The molecule has 0 aliphatic carbocycles. The molecular weight excluding hydrogens is 516 g/mol. The van der Waals surface area contributed by atoms with Crippen LogP contribution in [0.25, 0.3) is 5.69 Å². The van der Waals surface area contributed by atoms with Gasteiger partial charge in [-0.15, -0.1) is 11.3 Å². The van der Waals surface area contributed by atoms with Crippen LogP contribution in [0.5, 0.6) is 0 Å². The van der Waals surface area contributed by atoms with E-state index in [1.54, 1.807) is 38.2 Å². The largest absolute Gasteiger partial charge is 0.377 e. The lowest BCUT2D eigenvalue weighted by atomic mass is 9.87. The van der Waals surface area contributed by atoms with Gasteiger partial charge < -0.3 is 14.4 Å². The lowest BCUT2D eigenvalue weighted by molar-refractivity contribution is -0.00461. The first-order valence-corrected chi connectivity index (χ1v) is 13.7. The molecule has 208 valence electrons. The van der Waals surface area contributed by atoms with Gasteiger partial charge in [0.1, 0.15) is 18.8 Å². The Labute approximate surface area is 232 Å². The summed E-state index contributed by atoms with van der Waals surface area (Å²) in [6.07, 6.45) is -0.358. The van der Waals surface area contributed by atoms with E-state index >= 15 is 0 Å². The maximum Gasteiger partial charge on any atom is 0.280 e. The molecule has 1 aromatic carbocycles. The van der Waals surface area contributed by atoms with E-state index in [0.717, 1.165) is 17.0 Å². The molecule has 1 aliphatic rings. The van der Waals surface area contributed by atoms with Crippen LogP contribution in [0.3, 0.4) is 0 Å². The van der Waals surface area contributed by atoms with Crippen molar-refractivity contribution < 1.29 is 19.1 Å². The second-order valence-corrected chi connectivity index (χ2v) is 11.9. The number of hydrogen-bond donors (Lipinski definition) is 1. The molecule has 0 bridgehead atoms. The zero-order valence-electron chi connectivity index (χ0n) is 23.5. The molecule has 10 heteroatoms. The summed E-state index contributed by atoms with van der Waals surface area (Å²) in [6.45, 7) is 10.7. The van der Waals surface area contributed by atoms with Crippen LogP contribution < -0.4 is 5.56 Å². The molecule has 2 aromatic heterocycles. The van der Waals surface area contributed by atoms with Crippen molar-refractivity contribution in [1.82, 2.24) is 14.7 Å². The molecular formula is C29H36N4O5S.